The largest absolute Gasteiger partial charge is 0.383 e. The highest BCUT2D eigenvalue weighted by atomic mass is 32.2. The zero-order valence-electron chi connectivity index (χ0n) is 15.5. The number of hydrogen-bond donors (Lipinski definition) is 0. The van der Waals surface area contributed by atoms with Crippen LogP contribution in [0.15, 0.2) is 29.2 Å². The lowest BCUT2D eigenvalue weighted by Gasteiger charge is -2.26. The number of methoxy groups -OCH3 is 2. The van der Waals surface area contributed by atoms with Gasteiger partial charge in [-0.05, 0) is 31.0 Å². The molecule has 0 aromatic heterocycles. The fourth-order valence-corrected chi connectivity index (χ4v) is 4.51. The van der Waals surface area contributed by atoms with E-state index in [2.05, 4.69) is 0 Å². The van der Waals surface area contributed by atoms with Gasteiger partial charge in [0.15, 0.2) is 0 Å². The number of benzene rings is 1. The second kappa shape index (κ2) is 10.0. The van der Waals surface area contributed by atoms with Crippen LogP contribution in [0.2, 0.25) is 0 Å². The van der Waals surface area contributed by atoms with Crippen LogP contribution in [-0.4, -0.2) is 77.1 Å². The van der Waals surface area contributed by atoms with Crippen LogP contribution >= 0.6 is 0 Å². The first kappa shape index (κ1) is 20.8. The number of piperidine rings is 1. The third-order valence-electron chi connectivity index (χ3n) is 4.45. The number of rotatable bonds is 9. The lowest BCUT2D eigenvalue weighted by atomic mass is 10.2. The summed E-state index contributed by atoms with van der Waals surface area (Å²) in [5.41, 5.74) is 0.357. The number of nitrogens with zero attached hydrogens (tertiary/aromatic N) is 2. The molecule has 1 amide bonds. The van der Waals surface area contributed by atoms with Crippen molar-refractivity contribution >= 4 is 15.9 Å². The quantitative estimate of drug-likeness (QED) is 0.646. The van der Waals surface area contributed by atoms with Crippen LogP contribution in [0.4, 0.5) is 0 Å². The number of hydrogen-bond acceptors (Lipinski definition) is 5. The Morgan fingerprint density at radius 1 is 1.08 bits per heavy atom. The molecule has 0 N–H and O–H groups in total. The van der Waals surface area contributed by atoms with Crippen molar-refractivity contribution in [2.45, 2.75) is 24.2 Å². The van der Waals surface area contributed by atoms with Crippen molar-refractivity contribution in [1.82, 2.24) is 9.21 Å². The van der Waals surface area contributed by atoms with Gasteiger partial charge >= 0.3 is 0 Å². The third kappa shape index (κ3) is 5.26. The van der Waals surface area contributed by atoms with Crippen LogP contribution in [0.25, 0.3) is 0 Å². The Hall–Kier alpha value is -1.48. The van der Waals surface area contributed by atoms with Crippen LogP contribution in [0.5, 0.6) is 0 Å². The first-order chi connectivity index (χ1) is 12.5. The molecule has 2 rings (SSSR count). The van der Waals surface area contributed by atoms with Gasteiger partial charge < -0.3 is 14.4 Å². The summed E-state index contributed by atoms with van der Waals surface area (Å²) >= 11 is 0. The van der Waals surface area contributed by atoms with Crippen molar-refractivity contribution in [3.8, 4) is 0 Å². The molecule has 1 aromatic rings. The predicted octanol–water partition coefficient (Wildman–Crippen LogP) is 1.60. The molecule has 1 fully saturated rings. The maximum atomic E-state index is 12.8. The molecule has 1 heterocycles. The summed E-state index contributed by atoms with van der Waals surface area (Å²) in [5.74, 6) is -0.227. The minimum atomic E-state index is -3.56. The minimum Gasteiger partial charge on any atom is -0.383 e. The molecule has 0 radical (unpaired) electrons. The third-order valence-corrected chi connectivity index (χ3v) is 6.35. The molecule has 8 heteroatoms. The van der Waals surface area contributed by atoms with E-state index in [4.69, 9.17) is 9.47 Å². The molecular weight excluding hydrogens is 356 g/mol. The summed E-state index contributed by atoms with van der Waals surface area (Å²) < 4.78 is 37.3. The van der Waals surface area contributed by atoms with Gasteiger partial charge in [-0.15, -0.1) is 0 Å². The summed E-state index contributed by atoms with van der Waals surface area (Å²) in [4.78, 5) is 14.6. The van der Waals surface area contributed by atoms with Crippen molar-refractivity contribution in [3.05, 3.63) is 29.8 Å². The Labute approximate surface area is 155 Å². The number of sulfonamides is 1. The van der Waals surface area contributed by atoms with Gasteiger partial charge in [-0.25, -0.2) is 8.42 Å². The smallest absolute Gasteiger partial charge is 0.254 e. The molecule has 26 heavy (non-hydrogen) atoms. The maximum Gasteiger partial charge on any atom is 0.254 e. The summed E-state index contributed by atoms with van der Waals surface area (Å²) in [7, 11) is -0.416. The summed E-state index contributed by atoms with van der Waals surface area (Å²) in [6.07, 6.45) is 2.80. The highest BCUT2D eigenvalue weighted by Crippen LogP contribution is 2.21. The van der Waals surface area contributed by atoms with E-state index >= 15 is 0 Å². The standard InChI is InChI=1S/C18H28N2O5S/c1-24-13-11-19(12-14-25-2)18(21)16-7-6-8-17(15-16)26(22,23)20-9-4-3-5-10-20/h6-8,15H,3-5,9-14H2,1-2H3. The normalized spacial score (nSPS) is 15.8. The average molecular weight is 384 g/mol. The number of carbonyl (C=O) groups excluding carboxylic acids is 1. The topological polar surface area (TPSA) is 76.1 Å². The zero-order chi connectivity index (χ0) is 19.0. The van der Waals surface area contributed by atoms with Crippen LogP contribution in [0.3, 0.4) is 0 Å². The van der Waals surface area contributed by atoms with Gasteiger partial charge in [0.25, 0.3) is 5.91 Å². The van der Waals surface area contributed by atoms with E-state index in [1.165, 1.54) is 10.4 Å². The fraction of sp³-hybridized carbons (Fsp3) is 0.611. The molecule has 1 saturated heterocycles. The molecule has 0 bridgehead atoms. The van der Waals surface area contributed by atoms with Crippen molar-refractivity contribution in [1.29, 1.82) is 0 Å². The zero-order valence-corrected chi connectivity index (χ0v) is 16.3. The van der Waals surface area contributed by atoms with Crippen molar-refractivity contribution in [3.63, 3.8) is 0 Å². The molecule has 7 nitrogen and oxygen atoms in total. The molecule has 0 unspecified atom stereocenters. The van der Waals surface area contributed by atoms with Crippen molar-refractivity contribution < 1.29 is 22.7 Å². The minimum absolute atomic E-state index is 0.170. The van der Waals surface area contributed by atoms with Gasteiger partial charge in [0, 0.05) is 46.0 Å². The Bertz CT molecular complexity index is 679. The average Bonchev–Trinajstić information content (AvgIpc) is 2.68. The molecular formula is C18H28N2O5S. The van der Waals surface area contributed by atoms with E-state index in [1.807, 2.05) is 0 Å². The monoisotopic (exact) mass is 384 g/mol. The molecule has 0 spiro atoms. The highest BCUT2D eigenvalue weighted by Gasteiger charge is 2.27. The summed E-state index contributed by atoms with van der Waals surface area (Å²) in [5, 5.41) is 0. The van der Waals surface area contributed by atoms with Gasteiger partial charge in [0.2, 0.25) is 10.0 Å². The molecule has 0 aliphatic carbocycles. The Morgan fingerprint density at radius 3 is 2.27 bits per heavy atom. The highest BCUT2D eigenvalue weighted by molar-refractivity contribution is 7.89. The van der Waals surface area contributed by atoms with Gasteiger partial charge in [-0.3, -0.25) is 4.79 Å². The predicted molar refractivity (Wildman–Crippen MR) is 98.7 cm³/mol. The molecule has 1 aromatic carbocycles. The van der Waals surface area contributed by atoms with Crippen LogP contribution in [0, 0.1) is 0 Å². The van der Waals surface area contributed by atoms with Crippen LogP contribution in [0.1, 0.15) is 29.6 Å². The van der Waals surface area contributed by atoms with Gasteiger partial charge in [0.05, 0.1) is 18.1 Å². The second-order valence-corrected chi connectivity index (χ2v) is 8.21. The van der Waals surface area contributed by atoms with Crippen LogP contribution in [-0.2, 0) is 19.5 Å². The second-order valence-electron chi connectivity index (χ2n) is 6.27. The molecule has 0 saturated carbocycles. The van der Waals surface area contributed by atoms with E-state index < -0.39 is 10.0 Å². The molecule has 146 valence electrons. The fourth-order valence-electron chi connectivity index (χ4n) is 2.94. The molecule has 1 aliphatic rings. The number of ether oxygens (including phenoxy) is 2. The van der Waals surface area contributed by atoms with E-state index in [0.29, 0.717) is 45.0 Å². The van der Waals surface area contributed by atoms with Crippen molar-refractivity contribution in [2.75, 3.05) is 53.6 Å². The first-order valence-corrected chi connectivity index (χ1v) is 10.3. The van der Waals surface area contributed by atoms with E-state index in [0.717, 1.165) is 19.3 Å². The Kier molecular flexibility index (Phi) is 8.02. The lowest BCUT2D eigenvalue weighted by molar-refractivity contribution is 0.0627. The molecule has 1 aliphatic heterocycles. The Balaban J connectivity index is 2.21. The number of carbonyl (C=O) groups is 1. The SMILES string of the molecule is COCCN(CCOC)C(=O)c1cccc(S(=O)(=O)N2CCCCC2)c1. The Morgan fingerprint density at radius 2 is 1.69 bits per heavy atom. The van der Waals surface area contributed by atoms with Gasteiger partial charge in [0.1, 0.15) is 0 Å². The first-order valence-electron chi connectivity index (χ1n) is 8.88. The molecule has 0 atom stereocenters. The number of amides is 1. The lowest BCUT2D eigenvalue weighted by Crippen LogP contribution is -2.37. The summed E-state index contributed by atoms with van der Waals surface area (Å²) in [6.45, 7) is 2.72. The van der Waals surface area contributed by atoms with E-state index in [1.54, 1.807) is 37.3 Å². The van der Waals surface area contributed by atoms with Gasteiger partial charge in [-0.2, -0.15) is 4.31 Å². The van der Waals surface area contributed by atoms with Crippen molar-refractivity contribution in [2.24, 2.45) is 0 Å². The maximum absolute atomic E-state index is 12.8. The van der Waals surface area contributed by atoms with E-state index in [-0.39, 0.29) is 10.8 Å². The van der Waals surface area contributed by atoms with Crippen LogP contribution < -0.4 is 0 Å². The summed E-state index contributed by atoms with van der Waals surface area (Å²) in [6, 6.07) is 6.29. The van der Waals surface area contributed by atoms with Gasteiger partial charge in [-0.1, -0.05) is 12.5 Å². The van der Waals surface area contributed by atoms with E-state index in [9.17, 15) is 13.2 Å².